The Labute approximate surface area is 136 Å². The highest BCUT2D eigenvalue weighted by Gasteiger charge is 2.50. The van der Waals surface area contributed by atoms with Gasteiger partial charge >= 0.3 is 0 Å². The molecule has 0 unspecified atom stereocenters. The van der Waals surface area contributed by atoms with E-state index in [0.29, 0.717) is 6.61 Å². The summed E-state index contributed by atoms with van der Waals surface area (Å²) >= 11 is 0. The molecule has 2 aromatic heterocycles. The zero-order valence-electron chi connectivity index (χ0n) is 14.0. The fourth-order valence-electron chi connectivity index (χ4n) is 3.67. The van der Waals surface area contributed by atoms with Gasteiger partial charge in [-0.25, -0.2) is 9.97 Å². The van der Waals surface area contributed by atoms with Gasteiger partial charge in [-0.1, -0.05) is 6.92 Å². The second kappa shape index (κ2) is 5.39. The second-order valence-electron chi connectivity index (χ2n) is 6.74. The van der Waals surface area contributed by atoms with E-state index in [1.807, 2.05) is 17.9 Å². The monoisotopic (exact) mass is 313 g/mol. The van der Waals surface area contributed by atoms with Gasteiger partial charge in [0.25, 0.3) is 0 Å². The van der Waals surface area contributed by atoms with Crippen LogP contribution in [0, 0.1) is 6.92 Å². The van der Waals surface area contributed by atoms with Crippen LogP contribution in [-0.4, -0.2) is 37.7 Å². The summed E-state index contributed by atoms with van der Waals surface area (Å²) in [6, 6.07) is 0. The van der Waals surface area contributed by atoms with Gasteiger partial charge < -0.3 is 4.74 Å². The summed E-state index contributed by atoms with van der Waals surface area (Å²) in [5, 5.41) is 4.41. The number of ether oxygens (including phenoxy) is 1. The van der Waals surface area contributed by atoms with E-state index in [1.54, 1.807) is 0 Å². The normalized spacial score (nSPS) is 19.1. The van der Waals surface area contributed by atoms with E-state index in [9.17, 15) is 0 Å². The lowest BCUT2D eigenvalue weighted by atomic mass is 9.87. The zero-order chi connectivity index (χ0) is 16.0. The Morgan fingerprint density at radius 1 is 1.35 bits per heavy atom. The molecule has 2 aliphatic rings. The summed E-state index contributed by atoms with van der Waals surface area (Å²) in [6.45, 7) is 7.58. The van der Waals surface area contributed by atoms with Crippen molar-refractivity contribution < 1.29 is 4.74 Å². The molecule has 1 saturated heterocycles. The van der Waals surface area contributed by atoms with E-state index in [1.165, 1.54) is 11.1 Å². The van der Waals surface area contributed by atoms with Crippen LogP contribution in [0.1, 0.15) is 41.7 Å². The van der Waals surface area contributed by atoms with Crippen LogP contribution < -0.4 is 0 Å². The number of nitrogens with zero attached hydrogens (tertiary/aromatic N) is 5. The van der Waals surface area contributed by atoms with E-state index in [0.717, 1.165) is 49.7 Å². The molecule has 0 aliphatic carbocycles. The highest BCUT2D eigenvalue weighted by molar-refractivity contribution is 5.33. The van der Waals surface area contributed by atoms with Crippen molar-refractivity contribution in [1.82, 2.24) is 24.6 Å². The van der Waals surface area contributed by atoms with Gasteiger partial charge in [-0.2, -0.15) is 5.10 Å². The maximum Gasteiger partial charge on any atom is 0.128 e. The number of hydrogen-bond donors (Lipinski definition) is 0. The topological polar surface area (TPSA) is 56.1 Å². The maximum atomic E-state index is 6.12. The molecule has 0 N–H and O–H groups in total. The molecule has 4 heterocycles. The van der Waals surface area contributed by atoms with Gasteiger partial charge in [-0.15, -0.1) is 0 Å². The lowest BCUT2D eigenvalue weighted by molar-refractivity contribution is -0.145. The number of hydrogen-bond acceptors (Lipinski definition) is 5. The van der Waals surface area contributed by atoms with E-state index in [-0.39, 0.29) is 5.60 Å². The molecule has 1 spiro atoms. The van der Waals surface area contributed by atoms with Crippen molar-refractivity contribution in [3.63, 3.8) is 0 Å². The molecule has 6 heteroatoms. The minimum atomic E-state index is -0.184. The van der Waals surface area contributed by atoms with Crippen molar-refractivity contribution in [2.75, 3.05) is 13.1 Å². The van der Waals surface area contributed by atoms with Crippen molar-refractivity contribution in [2.24, 2.45) is 7.05 Å². The Hall–Kier alpha value is -1.79. The maximum absolute atomic E-state index is 6.12. The smallest absolute Gasteiger partial charge is 0.128 e. The van der Waals surface area contributed by atoms with Gasteiger partial charge in [0.15, 0.2) is 0 Å². The highest BCUT2D eigenvalue weighted by Crippen LogP contribution is 2.43. The number of aryl methyl sites for hydroxylation is 3. The molecule has 0 aromatic carbocycles. The molecule has 2 aliphatic heterocycles. The van der Waals surface area contributed by atoms with Crippen molar-refractivity contribution in [2.45, 2.75) is 45.4 Å². The quantitative estimate of drug-likeness (QED) is 0.860. The largest absolute Gasteiger partial charge is 0.361 e. The molecule has 23 heavy (non-hydrogen) atoms. The Kier molecular flexibility index (Phi) is 3.46. The predicted octanol–water partition coefficient (Wildman–Crippen LogP) is 1.71. The molecule has 1 fully saturated rings. The van der Waals surface area contributed by atoms with E-state index in [4.69, 9.17) is 4.74 Å². The Balaban J connectivity index is 1.47. The van der Waals surface area contributed by atoms with Gasteiger partial charge in [-0.3, -0.25) is 9.58 Å². The summed E-state index contributed by atoms with van der Waals surface area (Å²) in [5.74, 6) is 0.939. The van der Waals surface area contributed by atoms with Crippen LogP contribution in [0.4, 0.5) is 0 Å². The second-order valence-corrected chi connectivity index (χ2v) is 6.74. The average molecular weight is 313 g/mol. The summed E-state index contributed by atoms with van der Waals surface area (Å²) in [7, 11) is 1.97. The first kappa shape index (κ1) is 14.8. The van der Waals surface area contributed by atoms with Crippen molar-refractivity contribution in [1.29, 1.82) is 0 Å². The zero-order valence-corrected chi connectivity index (χ0v) is 14.0. The van der Waals surface area contributed by atoms with Gasteiger partial charge in [0, 0.05) is 56.6 Å². The predicted molar refractivity (Wildman–Crippen MR) is 85.7 cm³/mol. The first-order valence-electron chi connectivity index (χ1n) is 8.30. The number of fused-ring (bicyclic) bond motifs is 2. The SMILES string of the molecule is CCCc1ncc2c(n1)COC21CN(Cc2cn(C)nc2C)C1. The molecular weight excluding hydrogens is 290 g/mol. The molecule has 6 nitrogen and oxygen atoms in total. The van der Waals surface area contributed by atoms with Crippen LogP contribution in [-0.2, 0) is 37.0 Å². The Morgan fingerprint density at radius 2 is 2.17 bits per heavy atom. The van der Waals surface area contributed by atoms with E-state index >= 15 is 0 Å². The first-order valence-corrected chi connectivity index (χ1v) is 8.30. The Morgan fingerprint density at radius 3 is 2.87 bits per heavy atom. The highest BCUT2D eigenvalue weighted by atomic mass is 16.5. The van der Waals surface area contributed by atoms with Crippen molar-refractivity contribution in [3.8, 4) is 0 Å². The molecule has 0 radical (unpaired) electrons. The lowest BCUT2D eigenvalue weighted by Gasteiger charge is -2.47. The molecule has 0 bridgehead atoms. The van der Waals surface area contributed by atoms with Crippen LogP contribution >= 0.6 is 0 Å². The van der Waals surface area contributed by atoms with Gasteiger partial charge in [-0.05, 0) is 13.3 Å². The van der Waals surface area contributed by atoms with Gasteiger partial charge in [0.2, 0.25) is 0 Å². The first-order chi connectivity index (χ1) is 11.1. The number of likely N-dealkylation sites (tertiary alicyclic amines) is 1. The van der Waals surface area contributed by atoms with Gasteiger partial charge in [0.05, 0.1) is 18.0 Å². The van der Waals surface area contributed by atoms with E-state index in [2.05, 4.69) is 40.0 Å². The molecule has 0 saturated carbocycles. The summed E-state index contributed by atoms with van der Waals surface area (Å²) in [4.78, 5) is 11.6. The number of aromatic nitrogens is 4. The number of rotatable bonds is 4. The summed E-state index contributed by atoms with van der Waals surface area (Å²) in [6.07, 6.45) is 6.10. The molecule has 122 valence electrons. The standard InChI is InChI=1S/C17H23N5O/c1-4-5-16-18-6-14-15(19-16)9-23-17(14)10-22(11-17)8-13-7-21(3)20-12(13)2/h6-7H,4-5,8-11H2,1-3H3. The van der Waals surface area contributed by atoms with Crippen molar-refractivity contribution in [3.05, 3.63) is 40.7 Å². The van der Waals surface area contributed by atoms with Crippen LogP contribution in [0.2, 0.25) is 0 Å². The molecule has 4 rings (SSSR count). The third kappa shape index (κ3) is 2.46. The molecule has 0 amide bonds. The minimum Gasteiger partial charge on any atom is -0.361 e. The van der Waals surface area contributed by atoms with E-state index < -0.39 is 0 Å². The third-order valence-corrected chi connectivity index (χ3v) is 4.83. The lowest BCUT2D eigenvalue weighted by Crippen LogP contribution is -2.58. The van der Waals surface area contributed by atoms with Crippen LogP contribution in [0.25, 0.3) is 0 Å². The molecule has 0 atom stereocenters. The van der Waals surface area contributed by atoms with Crippen LogP contribution in [0.5, 0.6) is 0 Å². The van der Waals surface area contributed by atoms with Crippen LogP contribution in [0.15, 0.2) is 12.4 Å². The molecular formula is C17H23N5O. The summed E-state index contributed by atoms with van der Waals surface area (Å²) in [5.41, 5.74) is 4.48. The van der Waals surface area contributed by atoms with Crippen molar-refractivity contribution >= 4 is 0 Å². The summed E-state index contributed by atoms with van der Waals surface area (Å²) < 4.78 is 8.00. The Bertz CT molecular complexity index is 733. The fraction of sp³-hybridized carbons (Fsp3) is 0.588. The molecule has 2 aromatic rings. The van der Waals surface area contributed by atoms with Gasteiger partial charge in [0.1, 0.15) is 11.4 Å². The van der Waals surface area contributed by atoms with Crippen LogP contribution in [0.3, 0.4) is 0 Å². The third-order valence-electron chi connectivity index (χ3n) is 4.83. The average Bonchev–Trinajstić information content (AvgIpc) is 3.00. The fourth-order valence-corrected chi connectivity index (χ4v) is 3.67. The minimum absolute atomic E-state index is 0.184.